The van der Waals surface area contributed by atoms with Gasteiger partial charge in [-0.15, -0.1) is 0 Å². The summed E-state index contributed by atoms with van der Waals surface area (Å²) in [5.74, 6) is 0.726. The summed E-state index contributed by atoms with van der Waals surface area (Å²) in [5.41, 5.74) is 1.50. The minimum atomic E-state index is -0.0447. The second-order valence-electron chi connectivity index (χ2n) is 4.50. The molecule has 0 unspecified atom stereocenters. The normalized spacial score (nSPS) is 10.1. The number of hydrogen-bond donors (Lipinski definition) is 0. The summed E-state index contributed by atoms with van der Waals surface area (Å²) in [5, 5.41) is 0. The van der Waals surface area contributed by atoms with Crippen molar-refractivity contribution in [2.45, 2.75) is 0 Å². The Hall–Kier alpha value is -2.36. The van der Waals surface area contributed by atoms with Gasteiger partial charge in [-0.05, 0) is 24.3 Å². The van der Waals surface area contributed by atoms with E-state index in [9.17, 15) is 4.79 Å². The molecule has 1 amide bonds. The molecular weight excluding hydrogens is 238 g/mol. The van der Waals surface area contributed by atoms with E-state index >= 15 is 0 Å². The van der Waals surface area contributed by atoms with Gasteiger partial charge in [0.15, 0.2) is 0 Å². The maximum Gasteiger partial charge on any atom is 0.258 e. The van der Waals surface area contributed by atoms with Gasteiger partial charge in [0.2, 0.25) is 0 Å². The molecule has 0 saturated heterocycles. The topological polar surface area (TPSA) is 36.4 Å². The van der Waals surface area contributed by atoms with Crippen molar-refractivity contribution in [1.29, 1.82) is 0 Å². The molecule has 1 heterocycles. The molecule has 1 aromatic heterocycles. The van der Waals surface area contributed by atoms with Crippen molar-refractivity contribution >= 4 is 17.4 Å². The van der Waals surface area contributed by atoms with Crippen LogP contribution in [0.2, 0.25) is 0 Å². The molecule has 0 aliphatic heterocycles. The number of carbonyl (C=O) groups is 1. The lowest BCUT2D eigenvalue weighted by atomic mass is 10.2. The van der Waals surface area contributed by atoms with E-state index in [1.165, 1.54) is 0 Å². The highest BCUT2D eigenvalue weighted by Crippen LogP contribution is 2.16. The molecule has 0 aliphatic rings. The number of rotatable bonds is 3. The van der Waals surface area contributed by atoms with Crippen LogP contribution in [0, 0.1) is 0 Å². The minimum absolute atomic E-state index is 0.0447. The van der Waals surface area contributed by atoms with E-state index in [2.05, 4.69) is 4.98 Å². The maximum absolute atomic E-state index is 12.4. The monoisotopic (exact) mass is 255 g/mol. The van der Waals surface area contributed by atoms with E-state index in [0.29, 0.717) is 5.56 Å². The van der Waals surface area contributed by atoms with Gasteiger partial charge < -0.3 is 9.80 Å². The Balaban J connectivity index is 2.27. The first-order valence-electron chi connectivity index (χ1n) is 6.06. The third kappa shape index (κ3) is 2.91. The van der Waals surface area contributed by atoms with Crippen LogP contribution in [0.1, 0.15) is 10.4 Å². The molecule has 4 heteroatoms. The Kier molecular flexibility index (Phi) is 3.80. The molecule has 0 atom stereocenters. The van der Waals surface area contributed by atoms with Crippen molar-refractivity contribution in [2.75, 3.05) is 30.9 Å². The zero-order valence-electron chi connectivity index (χ0n) is 11.4. The Labute approximate surface area is 113 Å². The molecule has 4 nitrogen and oxygen atoms in total. The summed E-state index contributed by atoms with van der Waals surface area (Å²) in [7, 11) is 5.57. The molecule has 0 radical (unpaired) electrons. The number of benzene rings is 1. The lowest BCUT2D eigenvalue weighted by Gasteiger charge is -2.18. The first kappa shape index (κ1) is 13.1. The molecule has 19 heavy (non-hydrogen) atoms. The summed E-state index contributed by atoms with van der Waals surface area (Å²) in [6, 6.07) is 13.1. The van der Waals surface area contributed by atoms with E-state index < -0.39 is 0 Å². The molecule has 1 aromatic carbocycles. The molecule has 98 valence electrons. The lowest BCUT2D eigenvalue weighted by molar-refractivity contribution is 0.0993. The molecule has 2 aromatic rings. The van der Waals surface area contributed by atoms with Gasteiger partial charge in [-0.3, -0.25) is 4.79 Å². The highest BCUT2D eigenvalue weighted by molar-refractivity contribution is 6.06. The second-order valence-corrected chi connectivity index (χ2v) is 4.50. The van der Waals surface area contributed by atoms with Gasteiger partial charge in [0, 0.05) is 38.6 Å². The van der Waals surface area contributed by atoms with Crippen LogP contribution >= 0.6 is 0 Å². The Morgan fingerprint density at radius 2 is 1.74 bits per heavy atom. The van der Waals surface area contributed by atoms with Crippen LogP contribution in [0.15, 0.2) is 48.7 Å². The van der Waals surface area contributed by atoms with Gasteiger partial charge in [0.25, 0.3) is 5.91 Å². The summed E-state index contributed by atoms with van der Waals surface area (Å²) < 4.78 is 0. The van der Waals surface area contributed by atoms with Crippen LogP contribution in [0.5, 0.6) is 0 Å². The van der Waals surface area contributed by atoms with E-state index in [1.54, 1.807) is 30.3 Å². The Morgan fingerprint density at radius 3 is 2.37 bits per heavy atom. The smallest absolute Gasteiger partial charge is 0.258 e. The van der Waals surface area contributed by atoms with Crippen LogP contribution in [0.25, 0.3) is 0 Å². The van der Waals surface area contributed by atoms with Gasteiger partial charge in [0.1, 0.15) is 5.82 Å². The number of para-hydroxylation sites is 1. The number of nitrogens with zero attached hydrogens (tertiary/aromatic N) is 3. The van der Waals surface area contributed by atoms with Crippen molar-refractivity contribution in [2.24, 2.45) is 0 Å². The van der Waals surface area contributed by atoms with Gasteiger partial charge in [-0.25, -0.2) is 4.98 Å². The highest BCUT2D eigenvalue weighted by Gasteiger charge is 2.14. The van der Waals surface area contributed by atoms with E-state index in [4.69, 9.17) is 0 Å². The minimum Gasteiger partial charge on any atom is -0.363 e. The summed E-state index contributed by atoms with van der Waals surface area (Å²) in [6.07, 6.45) is 1.65. The molecule has 2 rings (SSSR count). The largest absolute Gasteiger partial charge is 0.363 e. The Morgan fingerprint density at radius 1 is 1.05 bits per heavy atom. The van der Waals surface area contributed by atoms with Gasteiger partial charge >= 0.3 is 0 Å². The summed E-state index contributed by atoms with van der Waals surface area (Å²) in [4.78, 5) is 20.1. The summed E-state index contributed by atoms with van der Waals surface area (Å²) >= 11 is 0. The number of anilines is 2. The highest BCUT2D eigenvalue weighted by atomic mass is 16.2. The summed E-state index contributed by atoms with van der Waals surface area (Å²) in [6.45, 7) is 0. The molecule has 0 N–H and O–H groups in total. The molecule has 0 spiro atoms. The molecule has 0 saturated carbocycles. The predicted molar refractivity (Wildman–Crippen MR) is 77.7 cm³/mol. The van der Waals surface area contributed by atoms with Crippen molar-refractivity contribution in [3.63, 3.8) is 0 Å². The average Bonchev–Trinajstić information content (AvgIpc) is 2.46. The number of amides is 1. The van der Waals surface area contributed by atoms with Crippen LogP contribution < -0.4 is 9.80 Å². The van der Waals surface area contributed by atoms with Crippen LogP contribution in [-0.4, -0.2) is 32.0 Å². The van der Waals surface area contributed by atoms with E-state index in [0.717, 1.165) is 11.5 Å². The SMILES string of the molecule is CN(C)c1cc(C(=O)N(C)c2ccccc2)ccn1. The zero-order valence-corrected chi connectivity index (χ0v) is 11.4. The van der Waals surface area contributed by atoms with E-state index in [1.807, 2.05) is 49.3 Å². The molecular formula is C15H17N3O. The van der Waals surface area contributed by atoms with Gasteiger partial charge in [-0.2, -0.15) is 0 Å². The fourth-order valence-corrected chi connectivity index (χ4v) is 1.76. The van der Waals surface area contributed by atoms with Crippen LogP contribution in [0.4, 0.5) is 11.5 Å². The number of hydrogen-bond acceptors (Lipinski definition) is 3. The lowest BCUT2D eigenvalue weighted by Crippen LogP contribution is -2.26. The van der Waals surface area contributed by atoms with Crippen molar-refractivity contribution < 1.29 is 4.79 Å². The van der Waals surface area contributed by atoms with Crippen LogP contribution in [0.3, 0.4) is 0 Å². The van der Waals surface area contributed by atoms with Crippen molar-refractivity contribution in [3.05, 3.63) is 54.2 Å². The quantitative estimate of drug-likeness (QED) is 0.845. The zero-order chi connectivity index (χ0) is 13.8. The van der Waals surface area contributed by atoms with Crippen LogP contribution in [-0.2, 0) is 0 Å². The fourth-order valence-electron chi connectivity index (χ4n) is 1.76. The van der Waals surface area contributed by atoms with Crippen molar-refractivity contribution in [3.8, 4) is 0 Å². The number of carbonyl (C=O) groups excluding carboxylic acids is 1. The first-order valence-corrected chi connectivity index (χ1v) is 6.06. The van der Waals surface area contributed by atoms with Crippen molar-refractivity contribution in [1.82, 2.24) is 4.98 Å². The molecule has 0 aliphatic carbocycles. The third-order valence-electron chi connectivity index (χ3n) is 2.90. The number of pyridine rings is 1. The first-order chi connectivity index (χ1) is 9.09. The average molecular weight is 255 g/mol. The fraction of sp³-hybridized carbons (Fsp3) is 0.200. The molecule has 0 fully saturated rings. The van der Waals surface area contributed by atoms with Gasteiger partial charge in [0.05, 0.1) is 0 Å². The Bertz CT molecular complexity index is 567. The second kappa shape index (κ2) is 5.52. The van der Waals surface area contributed by atoms with Gasteiger partial charge in [-0.1, -0.05) is 18.2 Å². The molecule has 0 bridgehead atoms. The predicted octanol–water partition coefficient (Wildman–Crippen LogP) is 2.42. The van der Waals surface area contributed by atoms with E-state index in [-0.39, 0.29) is 5.91 Å². The maximum atomic E-state index is 12.4. The third-order valence-corrected chi connectivity index (χ3v) is 2.90. The standard InChI is InChI=1S/C15H17N3O/c1-17(2)14-11-12(9-10-16-14)15(19)18(3)13-7-5-4-6-8-13/h4-11H,1-3H3. The number of aromatic nitrogens is 1.